The van der Waals surface area contributed by atoms with E-state index in [0.29, 0.717) is 34.5 Å². The lowest BCUT2D eigenvalue weighted by Gasteiger charge is -2.09. The average Bonchev–Trinajstić information content (AvgIpc) is 3.30. The maximum Gasteiger partial charge on any atom is 0.292 e. The number of aliphatic imine (C=N–C) groups is 2. The molecule has 0 fully saturated rings. The Morgan fingerprint density at radius 2 is 1.06 bits per heavy atom. The number of ether oxygens (including phenoxy) is 1. The van der Waals surface area contributed by atoms with E-state index in [1.807, 2.05) is 0 Å². The molecule has 9 nitrogen and oxygen atoms in total. The molecule has 33 heavy (non-hydrogen) atoms. The Labute approximate surface area is 191 Å². The lowest BCUT2D eigenvalue weighted by molar-refractivity contribution is -0.674. The van der Waals surface area contributed by atoms with E-state index in [4.69, 9.17) is 4.74 Å². The van der Waals surface area contributed by atoms with Crippen molar-refractivity contribution >= 4 is 23.2 Å². The molecule has 0 unspecified atom stereocenters. The van der Waals surface area contributed by atoms with E-state index in [1.54, 1.807) is 120 Å². The van der Waals surface area contributed by atoms with E-state index < -0.39 is 0 Å². The van der Waals surface area contributed by atoms with Gasteiger partial charge in [0.2, 0.25) is 0 Å². The van der Waals surface area contributed by atoms with Crippen LogP contribution >= 0.6 is 0 Å². The first kappa shape index (κ1) is 21.8. The Bertz CT molecular complexity index is 1190. The van der Waals surface area contributed by atoms with Crippen LogP contribution in [0, 0.1) is 0 Å². The van der Waals surface area contributed by atoms with Gasteiger partial charge in [0, 0.05) is 0 Å². The number of nitrogens with zero attached hydrogens (tertiary/aromatic N) is 6. The minimum atomic E-state index is -0.323. The molecule has 0 N–H and O–H groups in total. The molecule has 0 radical (unpaired) electrons. The summed E-state index contributed by atoms with van der Waals surface area (Å²) in [5.74, 6) is 1.53. The number of hydrogen-bond donors (Lipinski definition) is 0. The highest BCUT2D eigenvalue weighted by atomic mass is 16.5. The second-order valence-corrected chi connectivity index (χ2v) is 7.61. The van der Waals surface area contributed by atoms with Crippen LogP contribution in [0.3, 0.4) is 0 Å². The van der Waals surface area contributed by atoms with Gasteiger partial charge in [0.25, 0.3) is 11.6 Å². The Kier molecular flexibility index (Phi) is 5.95. The fourth-order valence-corrected chi connectivity index (χ4v) is 3.43. The van der Waals surface area contributed by atoms with E-state index in [0.717, 1.165) is 0 Å². The molecule has 168 valence electrons. The molecular weight excluding hydrogens is 420 g/mol. The van der Waals surface area contributed by atoms with Crippen molar-refractivity contribution in [3.63, 3.8) is 0 Å². The topological polar surface area (TPSA) is 97.7 Å². The zero-order valence-electron chi connectivity index (χ0n) is 18.8. The van der Waals surface area contributed by atoms with Gasteiger partial charge in [0.15, 0.2) is 0 Å². The number of imidazole rings is 2. The zero-order chi connectivity index (χ0) is 23.5. The molecule has 4 aromatic rings. The molecule has 2 aromatic carbocycles. The molecule has 0 aliphatic heterocycles. The van der Waals surface area contributed by atoms with E-state index in [-0.39, 0.29) is 11.8 Å². The lowest BCUT2D eigenvalue weighted by atomic mass is 10.3. The Morgan fingerprint density at radius 3 is 1.36 bits per heavy atom. The monoisotopic (exact) mass is 444 g/mol. The van der Waals surface area contributed by atoms with Crippen LogP contribution < -0.4 is 24.1 Å². The van der Waals surface area contributed by atoms with E-state index in [2.05, 4.69) is 9.98 Å². The van der Waals surface area contributed by atoms with Gasteiger partial charge < -0.3 is 14.9 Å². The minimum absolute atomic E-state index is 0.323. The van der Waals surface area contributed by atoms with Crippen molar-refractivity contribution in [3.05, 3.63) is 85.0 Å². The summed E-state index contributed by atoms with van der Waals surface area (Å²) in [6, 6.07) is 13.9. The Balaban J connectivity index is 1.44. The normalized spacial score (nSPS) is 12.2. The van der Waals surface area contributed by atoms with E-state index in [1.165, 1.54) is 0 Å². The summed E-state index contributed by atoms with van der Waals surface area (Å²) in [4.78, 5) is 8.32. The molecule has 2 heterocycles. The summed E-state index contributed by atoms with van der Waals surface area (Å²) in [7, 11) is 7.21. The smallest absolute Gasteiger partial charge is 0.292 e. The fraction of sp³-hybridized carbons (Fsp3) is 0.167. The summed E-state index contributed by atoms with van der Waals surface area (Å²) in [5.41, 5.74) is 1.07. The van der Waals surface area contributed by atoms with Crippen LogP contribution in [0.1, 0.15) is 11.6 Å². The van der Waals surface area contributed by atoms with E-state index in [9.17, 15) is 10.2 Å². The fourth-order valence-electron chi connectivity index (χ4n) is 3.43. The summed E-state index contributed by atoms with van der Waals surface area (Å²) in [6.07, 6.45) is 7.21. The van der Waals surface area contributed by atoms with Crippen molar-refractivity contribution in [1.29, 1.82) is 0 Å². The first-order valence-electron chi connectivity index (χ1n) is 10.2. The summed E-state index contributed by atoms with van der Waals surface area (Å²) in [6.45, 7) is 0. The van der Waals surface area contributed by atoms with Crippen LogP contribution in [-0.2, 0) is 28.2 Å². The van der Waals surface area contributed by atoms with Crippen LogP contribution in [-0.4, -0.2) is 20.9 Å². The number of hydrogen-bond acceptors (Lipinski definition) is 5. The summed E-state index contributed by atoms with van der Waals surface area (Å²) < 4.78 is 12.8. The van der Waals surface area contributed by atoms with E-state index >= 15 is 0 Å². The Hall–Kier alpha value is -4.40. The average molecular weight is 444 g/mol. The highest BCUT2D eigenvalue weighted by molar-refractivity contribution is 5.88. The molecule has 4 rings (SSSR count). The Morgan fingerprint density at radius 1 is 0.697 bits per heavy atom. The highest BCUT2D eigenvalue weighted by Crippen LogP contribution is 2.26. The number of aromatic nitrogens is 4. The third kappa shape index (κ3) is 4.77. The van der Waals surface area contributed by atoms with Gasteiger partial charge in [-0.1, -0.05) is 0 Å². The maximum absolute atomic E-state index is 12.4. The minimum Gasteiger partial charge on any atom is -0.853 e. The van der Waals surface area contributed by atoms with Crippen LogP contribution in [0.15, 0.2) is 83.3 Å². The van der Waals surface area contributed by atoms with Crippen molar-refractivity contribution < 1.29 is 24.1 Å². The first-order chi connectivity index (χ1) is 15.8. The van der Waals surface area contributed by atoms with Gasteiger partial charge in [-0.2, -0.15) is 0 Å². The van der Waals surface area contributed by atoms with Crippen molar-refractivity contribution in [2.45, 2.75) is 0 Å². The second-order valence-electron chi connectivity index (χ2n) is 7.61. The summed E-state index contributed by atoms with van der Waals surface area (Å²) >= 11 is 0. The van der Waals surface area contributed by atoms with Gasteiger partial charge in [-0.25, -0.2) is 18.3 Å². The molecule has 0 saturated heterocycles. The van der Waals surface area contributed by atoms with Crippen molar-refractivity contribution in [2.24, 2.45) is 38.2 Å². The predicted octanol–water partition coefficient (Wildman–Crippen LogP) is 0.682. The molecule has 0 aliphatic rings. The molecule has 0 amide bonds. The predicted molar refractivity (Wildman–Crippen MR) is 119 cm³/mol. The maximum atomic E-state index is 12.4. The second kappa shape index (κ2) is 8.99. The van der Waals surface area contributed by atoms with Crippen molar-refractivity contribution in [3.8, 4) is 11.5 Å². The SMILES string of the molecule is Cn1cc[n+](C)c1C([O-])=Nc1ccc(Oc2ccc(N=C([O-])c3n(C)cc[n+]3C)cc2)cc1. The third-order valence-corrected chi connectivity index (χ3v) is 5.12. The van der Waals surface area contributed by atoms with Gasteiger partial charge in [0.05, 0.1) is 51.4 Å². The number of aryl methyl sites for hydroxylation is 4. The molecule has 0 atom stereocenters. The van der Waals surface area contributed by atoms with Gasteiger partial charge in [-0.05, 0) is 48.5 Å². The molecule has 2 aromatic heterocycles. The highest BCUT2D eigenvalue weighted by Gasteiger charge is 2.12. The summed E-state index contributed by atoms with van der Waals surface area (Å²) in [5, 5.41) is 24.9. The zero-order valence-corrected chi connectivity index (χ0v) is 18.8. The molecule has 0 spiro atoms. The van der Waals surface area contributed by atoms with Crippen LogP contribution in [0.25, 0.3) is 0 Å². The van der Waals surface area contributed by atoms with Gasteiger partial charge in [-0.3, -0.25) is 9.98 Å². The first-order valence-corrected chi connectivity index (χ1v) is 10.2. The van der Waals surface area contributed by atoms with Crippen molar-refractivity contribution in [1.82, 2.24) is 9.13 Å². The molecule has 9 heteroatoms. The van der Waals surface area contributed by atoms with Gasteiger partial charge in [0.1, 0.15) is 36.3 Å². The lowest BCUT2D eigenvalue weighted by Crippen LogP contribution is -2.39. The molecule has 0 saturated carbocycles. The largest absolute Gasteiger partial charge is 0.853 e. The number of benzene rings is 2. The van der Waals surface area contributed by atoms with Gasteiger partial charge in [-0.15, -0.1) is 0 Å². The van der Waals surface area contributed by atoms with Crippen molar-refractivity contribution in [2.75, 3.05) is 0 Å². The van der Waals surface area contributed by atoms with Gasteiger partial charge >= 0.3 is 0 Å². The van der Waals surface area contributed by atoms with Crippen LogP contribution in [0.2, 0.25) is 0 Å². The molecule has 0 bridgehead atoms. The molecular formula is C24H24N6O3. The van der Waals surface area contributed by atoms with Crippen LogP contribution in [0.4, 0.5) is 11.4 Å². The number of rotatable bonds is 6. The standard InChI is InChI=1S/C24H24N6O3/c1-27-13-14-28(2)23(27)21(31)25-17-5-9-19(10-6-17)33-20-11-7-18(8-12-20)26-22(32)24-29(3)15-16-30(24)4/h5-16H,1-4H3. The molecule has 0 aliphatic carbocycles. The van der Waals surface area contributed by atoms with Crippen LogP contribution in [0.5, 0.6) is 11.5 Å². The quantitative estimate of drug-likeness (QED) is 0.249. The third-order valence-electron chi connectivity index (χ3n) is 5.12.